The van der Waals surface area contributed by atoms with Gasteiger partial charge in [-0.3, -0.25) is 0 Å². The number of anilines is 2. The summed E-state index contributed by atoms with van der Waals surface area (Å²) in [6.07, 6.45) is 4.18. The Hall–Kier alpha value is -2.88. The number of hydrogen-bond acceptors (Lipinski definition) is 7. The molecule has 0 saturated carbocycles. The van der Waals surface area contributed by atoms with Crippen LogP contribution < -0.4 is 16.4 Å². The molecule has 2 aromatic heterocycles. The van der Waals surface area contributed by atoms with E-state index in [0.29, 0.717) is 36.8 Å². The van der Waals surface area contributed by atoms with Gasteiger partial charge >= 0.3 is 6.09 Å². The molecular formula is C13H17N7O3. The number of amides is 1. The predicted octanol–water partition coefficient (Wildman–Crippen LogP) is 0.0815. The zero-order chi connectivity index (χ0) is 16.2. The third kappa shape index (κ3) is 3.66. The van der Waals surface area contributed by atoms with E-state index in [1.807, 2.05) is 0 Å². The normalized spacial score (nSPS) is 20.9. The van der Waals surface area contributed by atoms with E-state index in [4.69, 9.17) is 15.6 Å². The fraction of sp³-hybridized carbons (Fsp3) is 0.385. The van der Waals surface area contributed by atoms with Crippen LogP contribution in [0.25, 0.3) is 5.82 Å². The average molecular weight is 319 g/mol. The lowest BCUT2D eigenvalue weighted by molar-refractivity contribution is 0.0614. The lowest BCUT2D eigenvalue weighted by Gasteiger charge is -2.30. The standard InChI is InChI=1S/C13H17N7O3/c14-10-5-15-12(20-16-1-2-17-20)4-11(10)18-8-3-9(7-23-6-8)19-13(21)22/h1-2,4-5,8-9,19H,3,6-7,14H2,(H,15,18)(H,21,22). The van der Waals surface area contributed by atoms with Crippen molar-refractivity contribution in [1.82, 2.24) is 25.3 Å². The van der Waals surface area contributed by atoms with Crippen molar-refractivity contribution in [2.24, 2.45) is 0 Å². The van der Waals surface area contributed by atoms with Crippen LogP contribution in [0.1, 0.15) is 6.42 Å². The Labute approximate surface area is 131 Å². The summed E-state index contributed by atoms with van der Waals surface area (Å²) in [5.41, 5.74) is 7.11. The van der Waals surface area contributed by atoms with Crippen molar-refractivity contribution in [1.29, 1.82) is 0 Å². The monoisotopic (exact) mass is 319 g/mol. The van der Waals surface area contributed by atoms with E-state index in [0.717, 1.165) is 0 Å². The van der Waals surface area contributed by atoms with Gasteiger partial charge in [0.1, 0.15) is 0 Å². The number of aromatic nitrogens is 4. The topological polar surface area (TPSA) is 140 Å². The molecule has 3 heterocycles. The lowest BCUT2D eigenvalue weighted by Crippen LogP contribution is -2.46. The number of ether oxygens (including phenoxy) is 1. The van der Waals surface area contributed by atoms with Crippen LogP contribution in [-0.4, -0.2) is 56.5 Å². The van der Waals surface area contributed by atoms with Gasteiger partial charge in [-0.1, -0.05) is 0 Å². The van der Waals surface area contributed by atoms with Crippen molar-refractivity contribution in [3.8, 4) is 5.82 Å². The molecule has 10 heteroatoms. The van der Waals surface area contributed by atoms with E-state index in [-0.39, 0.29) is 12.1 Å². The van der Waals surface area contributed by atoms with Crippen LogP contribution >= 0.6 is 0 Å². The first-order valence-electron chi connectivity index (χ1n) is 7.08. The second-order valence-corrected chi connectivity index (χ2v) is 5.21. The number of rotatable bonds is 4. The summed E-state index contributed by atoms with van der Waals surface area (Å²) in [6, 6.07) is 1.42. The Balaban J connectivity index is 1.72. The van der Waals surface area contributed by atoms with Crippen LogP contribution in [0, 0.1) is 0 Å². The molecule has 0 spiro atoms. The summed E-state index contributed by atoms with van der Waals surface area (Å²) in [6.45, 7) is 0.827. The molecule has 122 valence electrons. The van der Waals surface area contributed by atoms with E-state index >= 15 is 0 Å². The number of nitrogens with zero attached hydrogens (tertiary/aromatic N) is 4. The van der Waals surface area contributed by atoms with Crippen molar-refractivity contribution in [3.63, 3.8) is 0 Å². The minimum absolute atomic E-state index is 0.0660. The number of nitrogen functional groups attached to an aromatic ring is 1. The summed E-state index contributed by atoms with van der Waals surface area (Å²) in [7, 11) is 0. The van der Waals surface area contributed by atoms with Gasteiger partial charge in [-0.2, -0.15) is 10.2 Å². The number of pyridine rings is 1. The SMILES string of the molecule is Nc1cnc(-n2nccn2)cc1NC1COCC(NC(=O)O)C1. The van der Waals surface area contributed by atoms with Crippen LogP contribution in [0.3, 0.4) is 0 Å². The molecule has 23 heavy (non-hydrogen) atoms. The maximum atomic E-state index is 10.7. The second kappa shape index (κ2) is 6.48. The van der Waals surface area contributed by atoms with Crippen molar-refractivity contribution in [2.75, 3.05) is 24.3 Å². The minimum atomic E-state index is -1.06. The molecular weight excluding hydrogens is 302 g/mol. The molecule has 0 aliphatic carbocycles. The summed E-state index contributed by atoms with van der Waals surface area (Å²) >= 11 is 0. The molecule has 2 aromatic rings. The Morgan fingerprint density at radius 2 is 2.09 bits per heavy atom. The van der Waals surface area contributed by atoms with Gasteiger partial charge in [0, 0.05) is 6.07 Å². The largest absolute Gasteiger partial charge is 0.465 e. The van der Waals surface area contributed by atoms with Gasteiger partial charge in [0.15, 0.2) is 5.82 Å². The molecule has 3 rings (SSSR count). The minimum Gasteiger partial charge on any atom is -0.465 e. The molecule has 0 bridgehead atoms. The van der Waals surface area contributed by atoms with Crippen LogP contribution in [0.15, 0.2) is 24.7 Å². The lowest BCUT2D eigenvalue weighted by atomic mass is 10.1. The average Bonchev–Trinajstić information content (AvgIpc) is 3.03. The van der Waals surface area contributed by atoms with E-state index in [9.17, 15) is 4.79 Å². The first-order chi connectivity index (χ1) is 11.1. The van der Waals surface area contributed by atoms with Gasteiger partial charge in [-0.05, 0) is 6.42 Å². The number of nitrogens with one attached hydrogen (secondary N) is 2. The van der Waals surface area contributed by atoms with Crippen molar-refractivity contribution in [3.05, 3.63) is 24.7 Å². The predicted molar refractivity (Wildman–Crippen MR) is 81.4 cm³/mol. The fourth-order valence-corrected chi connectivity index (χ4v) is 2.45. The molecule has 5 N–H and O–H groups in total. The van der Waals surface area contributed by atoms with Crippen LogP contribution in [0.4, 0.5) is 16.2 Å². The van der Waals surface area contributed by atoms with Gasteiger partial charge in [0.05, 0.1) is 55.3 Å². The van der Waals surface area contributed by atoms with Crippen molar-refractivity contribution in [2.45, 2.75) is 18.5 Å². The van der Waals surface area contributed by atoms with Gasteiger partial charge in [0.25, 0.3) is 0 Å². The Bertz CT molecular complexity index is 676. The number of carboxylic acid groups (broad SMARTS) is 1. The highest BCUT2D eigenvalue weighted by atomic mass is 16.5. The van der Waals surface area contributed by atoms with Crippen LogP contribution in [-0.2, 0) is 4.74 Å². The first kappa shape index (κ1) is 15.0. The zero-order valence-electron chi connectivity index (χ0n) is 12.2. The van der Waals surface area contributed by atoms with Crippen molar-refractivity contribution >= 4 is 17.5 Å². The first-order valence-corrected chi connectivity index (χ1v) is 7.08. The van der Waals surface area contributed by atoms with E-state index in [1.165, 1.54) is 11.0 Å². The molecule has 0 radical (unpaired) electrons. The third-order valence-electron chi connectivity index (χ3n) is 3.44. The summed E-state index contributed by atoms with van der Waals surface area (Å²) in [5, 5.41) is 22.5. The molecule has 1 aliphatic rings. The third-order valence-corrected chi connectivity index (χ3v) is 3.44. The quantitative estimate of drug-likeness (QED) is 0.621. The number of hydrogen-bond donors (Lipinski definition) is 4. The van der Waals surface area contributed by atoms with Gasteiger partial charge in [-0.15, -0.1) is 4.80 Å². The number of carbonyl (C=O) groups is 1. The highest BCUT2D eigenvalue weighted by Crippen LogP contribution is 2.22. The van der Waals surface area contributed by atoms with Crippen molar-refractivity contribution < 1.29 is 14.6 Å². The highest BCUT2D eigenvalue weighted by Gasteiger charge is 2.24. The maximum Gasteiger partial charge on any atom is 0.404 e. The van der Waals surface area contributed by atoms with E-state index < -0.39 is 6.09 Å². The van der Waals surface area contributed by atoms with Crippen LogP contribution in [0.5, 0.6) is 0 Å². The van der Waals surface area contributed by atoms with Gasteiger partial charge in [0.2, 0.25) is 0 Å². The Morgan fingerprint density at radius 3 is 2.83 bits per heavy atom. The van der Waals surface area contributed by atoms with Gasteiger partial charge < -0.3 is 26.2 Å². The maximum absolute atomic E-state index is 10.7. The molecule has 10 nitrogen and oxygen atoms in total. The van der Waals surface area contributed by atoms with Crippen LogP contribution in [0.2, 0.25) is 0 Å². The molecule has 1 amide bonds. The summed E-state index contributed by atoms with van der Waals surface area (Å²) in [4.78, 5) is 16.3. The molecule has 0 aromatic carbocycles. The number of nitrogens with two attached hydrogens (primary N) is 1. The molecule has 2 atom stereocenters. The summed E-state index contributed by atoms with van der Waals surface area (Å²) < 4.78 is 5.44. The van der Waals surface area contributed by atoms with Gasteiger partial charge in [-0.25, -0.2) is 9.78 Å². The smallest absolute Gasteiger partial charge is 0.404 e. The fourth-order valence-electron chi connectivity index (χ4n) is 2.45. The zero-order valence-corrected chi connectivity index (χ0v) is 12.2. The molecule has 1 saturated heterocycles. The van der Waals surface area contributed by atoms with E-state index in [1.54, 1.807) is 18.5 Å². The molecule has 1 fully saturated rings. The Kier molecular flexibility index (Phi) is 4.24. The highest BCUT2D eigenvalue weighted by molar-refractivity contribution is 5.67. The Morgan fingerprint density at radius 1 is 1.35 bits per heavy atom. The van der Waals surface area contributed by atoms with E-state index in [2.05, 4.69) is 25.8 Å². The second-order valence-electron chi connectivity index (χ2n) is 5.21. The summed E-state index contributed by atoms with van der Waals surface area (Å²) in [5.74, 6) is 0.531. The molecule has 1 aliphatic heterocycles. The molecule has 2 unspecified atom stereocenters.